The lowest BCUT2D eigenvalue weighted by Gasteiger charge is -1.83. The minimum atomic E-state index is 0.482. The van der Waals surface area contributed by atoms with Crippen molar-refractivity contribution in [3.8, 4) is 0 Å². The Morgan fingerprint density at radius 1 is 1.56 bits per heavy atom. The van der Waals surface area contributed by atoms with Crippen LogP contribution in [0.15, 0.2) is 25.3 Å². The number of hydrogen-bond acceptors (Lipinski definition) is 1. The monoisotopic (exact) mass is 123 g/mol. The molecule has 47 valence electrons. The van der Waals surface area contributed by atoms with Crippen LogP contribution in [0.1, 0.15) is 0 Å². The molecule has 0 atom stereocenters. The average molecular weight is 123 g/mol. The van der Waals surface area contributed by atoms with Crippen LogP contribution in [0.25, 0.3) is 0 Å². The van der Waals surface area contributed by atoms with Crippen molar-refractivity contribution < 1.29 is 9.37 Å². The summed E-state index contributed by atoms with van der Waals surface area (Å²) in [6.45, 7) is 8.89. The molecule has 0 amide bonds. The summed E-state index contributed by atoms with van der Waals surface area (Å²) in [6.07, 6.45) is 4.83. The minimum absolute atomic E-state index is 0.482. The Labute approximate surface area is 54.8 Å². The van der Waals surface area contributed by atoms with Crippen molar-refractivity contribution in [2.75, 3.05) is 6.54 Å². The molecule has 0 aliphatic heterocycles. The van der Waals surface area contributed by atoms with Crippen LogP contribution in [0, 0.1) is 6.54 Å². The standard InChI is InChI=1S/C7H9NO/c1-3-5-8(7-9)6-4-2/h3-5H,1-2,6H2/q+1. The van der Waals surface area contributed by atoms with Gasteiger partial charge in [0.25, 0.3) is 0 Å². The van der Waals surface area contributed by atoms with E-state index >= 15 is 0 Å². The maximum Gasteiger partial charge on any atom is 0.425 e. The molecular weight excluding hydrogens is 114 g/mol. The molecule has 2 heteroatoms. The third-order valence-electron chi connectivity index (χ3n) is 0.728. The zero-order chi connectivity index (χ0) is 7.11. The van der Waals surface area contributed by atoms with Gasteiger partial charge in [-0.3, -0.25) is 0 Å². The normalized spacial score (nSPS) is 7.56. The van der Waals surface area contributed by atoms with Gasteiger partial charge in [-0.05, 0) is 12.2 Å². The first-order valence-corrected chi connectivity index (χ1v) is 2.56. The zero-order valence-corrected chi connectivity index (χ0v) is 5.21. The summed E-state index contributed by atoms with van der Waals surface area (Å²) in [6, 6.07) is 0. The van der Waals surface area contributed by atoms with Crippen molar-refractivity contribution in [3.63, 3.8) is 0 Å². The number of nitrogens with zero attached hydrogens (tertiary/aromatic N) is 1. The van der Waals surface area contributed by atoms with Crippen LogP contribution >= 0.6 is 0 Å². The largest absolute Gasteiger partial charge is 0.425 e. The summed E-state index contributed by atoms with van der Waals surface area (Å²) in [5, 5.41) is 0. The molecule has 0 aliphatic carbocycles. The summed E-state index contributed by atoms with van der Waals surface area (Å²) in [5.74, 6) is 0. The van der Waals surface area contributed by atoms with Crippen LogP contribution in [0.3, 0.4) is 0 Å². The second-order valence-corrected chi connectivity index (χ2v) is 1.42. The molecule has 0 spiro atoms. The van der Waals surface area contributed by atoms with Crippen molar-refractivity contribution in [1.82, 2.24) is 0 Å². The maximum atomic E-state index is 9.96. The van der Waals surface area contributed by atoms with Gasteiger partial charge in [0, 0.05) is 0 Å². The molecule has 0 bridgehead atoms. The van der Waals surface area contributed by atoms with Crippen LogP contribution in [0.4, 0.5) is 0 Å². The molecule has 2 nitrogen and oxygen atoms in total. The Balaban J connectivity index is 3.83. The van der Waals surface area contributed by atoms with E-state index in [4.69, 9.17) is 0 Å². The lowest BCUT2D eigenvalue weighted by molar-refractivity contribution is -0.466. The van der Waals surface area contributed by atoms with Gasteiger partial charge in [-0.25, -0.2) is 0 Å². The molecular formula is C7H9NO+. The molecule has 0 aromatic heterocycles. The number of hydrogen-bond donors (Lipinski definition) is 0. The summed E-state index contributed by atoms with van der Waals surface area (Å²) in [5.41, 5.74) is 0. The molecule has 0 unspecified atom stereocenters. The van der Waals surface area contributed by atoms with E-state index in [0.29, 0.717) is 6.54 Å². The van der Waals surface area contributed by atoms with Gasteiger partial charge in [0.2, 0.25) is 6.54 Å². The second-order valence-electron chi connectivity index (χ2n) is 1.42. The Morgan fingerprint density at radius 2 is 2.22 bits per heavy atom. The van der Waals surface area contributed by atoms with Crippen molar-refractivity contribution in [1.29, 1.82) is 0 Å². The van der Waals surface area contributed by atoms with Gasteiger partial charge < -0.3 is 0 Å². The van der Waals surface area contributed by atoms with E-state index in [9.17, 15) is 4.79 Å². The van der Waals surface area contributed by atoms with Crippen LogP contribution in [0.5, 0.6) is 0 Å². The van der Waals surface area contributed by atoms with Crippen molar-refractivity contribution >= 4 is 6.08 Å². The van der Waals surface area contributed by atoms with Gasteiger partial charge in [-0.15, -0.1) is 4.58 Å². The highest BCUT2D eigenvalue weighted by atomic mass is 16.1. The average Bonchev–Trinajstić information content (AvgIpc) is 1.88. The first-order chi connectivity index (χ1) is 4.35. The quantitative estimate of drug-likeness (QED) is 0.235. The first kappa shape index (κ1) is 7.86. The van der Waals surface area contributed by atoms with Crippen LogP contribution < -0.4 is 0 Å². The summed E-state index contributed by atoms with van der Waals surface area (Å²) in [4.78, 5) is 9.96. The third-order valence-corrected chi connectivity index (χ3v) is 0.728. The van der Waals surface area contributed by atoms with E-state index in [1.807, 2.05) is 0 Å². The van der Waals surface area contributed by atoms with Crippen LogP contribution in [0.2, 0.25) is 0 Å². The second kappa shape index (κ2) is 5.01. The number of isocyanates is 1. The molecule has 0 heterocycles. The summed E-state index contributed by atoms with van der Waals surface area (Å²) in [7, 11) is 0. The Hall–Kier alpha value is -1.14. The fourth-order valence-corrected chi connectivity index (χ4v) is 0.395. The molecule has 0 N–H and O–H groups in total. The van der Waals surface area contributed by atoms with E-state index in [-0.39, 0.29) is 0 Å². The van der Waals surface area contributed by atoms with Gasteiger partial charge in [0.05, 0.1) is 0 Å². The highest BCUT2D eigenvalue weighted by Crippen LogP contribution is 1.79. The number of rotatable bonds is 4. The fraction of sp³-hybridized carbons (Fsp3) is 0.143. The first-order valence-electron chi connectivity index (χ1n) is 2.56. The zero-order valence-electron chi connectivity index (χ0n) is 5.21. The molecule has 0 saturated heterocycles. The predicted molar refractivity (Wildman–Crippen MR) is 35.5 cm³/mol. The number of carbonyl (C=O) groups excluding carboxylic acids is 1. The molecule has 0 aromatic carbocycles. The fourth-order valence-electron chi connectivity index (χ4n) is 0.395. The van der Waals surface area contributed by atoms with Crippen molar-refractivity contribution in [2.45, 2.75) is 0 Å². The SMILES string of the molecule is C=C[CH][N+](=C=O)CC=C. The Bertz CT molecular complexity index is 142. The molecule has 0 saturated carbocycles. The molecule has 0 aromatic rings. The van der Waals surface area contributed by atoms with Crippen LogP contribution in [-0.2, 0) is 4.79 Å². The lowest BCUT2D eigenvalue weighted by Crippen LogP contribution is -2.04. The minimum Gasteiger partial charge on any atom is -0.159 e. The maximum absolute atomic E-state index is 9.96. The van der Waals surface area contributed by atoms with E-state index in [0.717, 1.165) is 0 Å². The predicted octanol–water partition coefficient (Wildman–Crippen LogP) is 0.868. The summed E-state index contributed by atoms with van der Waals surface area (Å²) >= 11 is 0. The summed E-state index contributed by atoms with van der Waals surface area (Å²) < 4.78 is 1.32. The van der Waals surface area contributed by atoms with E-state index in [1.165, 1.54) is 17.2 Å². The molecule has 1 radical (unpaired) electrons. The Kier molecular flexibility index (Phi) is 4.37. The van der Waals surface area contributed by atoms with E-state index < -0.39 is 0 Å². The van der Waals surface area contributed by atoms with E-state index in [2.05, 4.69) is 13.2 Å². The smallest absolute Gasteiger partial charge is 0.159 e. The molecule has 9 heavy (non-hydrogen) atoms. The topological polar surface area (TPSA) is 20.1 Å². The van der Waals surface area contributed by atoms with Gasteiger partial charge in [0.15, 0.2) is 6.54 Å². The van der Waals surface area contributed by atoms with Gasteiger partial charge in [0.1, 0.15) is 0 Å². The van der Waals surface area contributed by atoms with Gasteiger partial charge >= 0.3 is 6.08 Å². The highest BCUT2D eigenvalue weighted by Gasteiger charge is 1.96. The van der Waals surface area contributed by atoms with E-state index in [1.54, 1.807) is 12.2 Å². The highest BCUT2D eigenvalue weighted by molar-refractivity contribution is 5.25. The van der Waals surface area contributed by atoms with Crippen molar-refractivity contribution in [3.05, 3.63) is 31.9 Å². The molecule has 0 aliphatic rings. The lowest BCUT2D eigenvalue weighted by atomic mass is 10.5. The molecule has 0 rings (SSSR count). The van der Waals surface area contributed by atoms with Crippen LogP contribution in [-0.4, -0.2) is 17.2 Å². The molecule has 0 fully saturated rings. The van der Waals surface area contributed by atoms with Gasteiger partial charge in [-0.2, -0.15) is 4.79 Å². The van der Waals surface area contributed by atoms with Gasteiger partial charge in [-0.1, -0.05) is 13.2 Å². The third kappa shape index (κ3) is 3.44. The Morgan fingerprint density at radius 3 is 2.56 bits per heavy atom. The van der Waals surface area contributed by atoms with Crippen molar-refractivity contribution in [2.24, 2.45) is 0 Å².